The lowest BCUT2D eigenvalue weighted by Crippen LogP contribution is -2.36. The molecule has 3 aromatic rings. The summed E-state index contributed by atoms with van der Waals surface area (Å²) in [7, 11) is 0. The van der Waals surface area contributed by atoms with Crippen molar-refractivity contribution in [3.63, 3.8) is 0 Å². The van der Waals surface area contributed by atoms with Gasteiger partial charge in [-0.1, -0.05) is 12.1 Å². The van der Waals surface area contributed by atoms with Gasteiger partial charge in [-0.05, 0) is 17.7 Å². The number of ether oxygens (including phenoxy) is 1. The number of nitrogens with two attached hydrogens (primary N) is 2. The van der Waals surface area contributed by atoms with E-state index in [2.05, 4.69) is 4.98 Å². The van der Waals surface area contributed by atoms with E-state index in [1.54, 1.807) is 24.3 Å². The fraction of sp³-hybridized carbons (Fsp3) is 0.333. The number of nitriles is 1. The normalized spacial score (nSPS) is 23.3. The van der Waals surface area contributed by atoms with Crippen molar-refractivity contribution < 1.29 is 20.1 Å². The van der Waals surface area contributed by atoms with E-state index in [0.717, 1.165) is 9.13 Å². The van der Waals surface area contributed by atoms with Crippen LogP contribution in [0.2, 0.25) is 0 Å². The molecule has 162 valence electrons. The van der Waals surface area contributed by atoms with Gasteiger partial charge in [0.25, 0.3) is 5.56 Å². The minimum Gasteiger partial charge on any atom is -0.394 e. The van der Waals surface area contributed by atoms with Crippen molar-refractivity contribution in [2.45, 2.75) is 31.1 Å². The van der Waals surface area contributed by atoms with Crippen LogP contribution < -0.4 is 22.8 Å². The summed E-state index contributed by atoms with van der Waals surface area (Å²) >= 11 is 0. The van der Waals surface area contributed by atoms with Crippen molar-refractivity contribution in [1.29, 1.82) is 5.26 Å². The zero-order valence-corrected chi connectivity index (χ0v) is 16.0. The predicted molar refractivity (Wildman–Crippen MR) is 106 cm³/mol. The highest BCUT2D eigenvalue weighted by atomic mass is 16.6. The van der Waals surface area contributed by atoms with Crippen LogP contribution in [0.15, 0.2) is 33.9 Å². The Hall–Kier alpha value is -3.70. The number of benzene rings is 1. The molecule has 1 aliphatic heterocycles. The molecular formula is C18H19N7O6. The van der Waals surface area contributed by atoms with Crippen molar-refractivity contribution in [2.75, 3.05) is 18.2 Å². The molecule has 2 aromatic heterocycles. The topological polar surface area (TPSA) is 208 Å². The first kappa shape index (κ1) is 20.6. The highest BCUT2D eigenvalue weighted by Crippen LogP contribution is 2.30. The summed E-state index contributed by atoms with van der Waals surface area (Å²) in [5.41, 5.74) is 4.74. The molecule has 13 heteroatoms. The second-order valence-electron chi connectivity index (χ2n) is 7.09. The number of aliphatic hydroxyl groups is 3. The van der Waals surface area contributed by atoms with Crippen molar-refractivity contribution >= 4 is 17.1 Å². The van der Waals surface area contributed by atoms with Gasteiger partial charge >= 0.3 is 5.69 Å². The van der Waals surface area contributed by atoms with Gasteiger partial charge in [0.15, 0.2) is 17.4 Å². The zero-order valence-electron chi connectivity index (χ0n) is 16.0. The lowest BCUT2D eigenvalue weighted by atomic mass is 10.1. The number of nitrogens with zero attached hydrogens (tertiary/aromatic N) is 5. The van der Waals surface area contributed by atoms with E-state index >= 15 is 0 Å². The molecule has 1 saturated heterocycles. The molecule has 0 radical (unpaired) electrons. The molecule has 0 aliphatic carbocycles. The van der Waals surface area contributed by atoms with Crippen molar-refractivity contribution in [3.05, 3.63) is 56.2 Å². The minimum atomic E-state index is -1.58. The molecule has 4 rings (SSSR count). The number of hydrogen-bond donors (Lipinski definition) is 5. The Labute approximate surface area is 173 Å². The average Bonchev–Trinajstić information content (AvgIpc) is 3.20. The van der Waals surface area contributed by atoms with Gasteiger partial charge in [0.05, 0.1) is 24.8 Å². The number of nitrogen functional groups attached to an aromatic ring is 2. The Morgan fingerprint density at radius 2 is 1.87 bits per heavy atom. The third-order valence-electron chi connectivity index (χ3n) is 5.23. The molecule has 31 heavy (non-hydrogen) atoms. The Bertz CT molecular complexity index is 1300. The van der Waals surface area contributed by atoms with Crippen molar-refractivity contribution in [3.8, 4) is 6.07 Å². The lowest BCUT2D eigenvalue weighted by Gasteiger charge is -2.16. The van der Waals surface area contributed by atoms with Crippen LogP contribution in [0, 0.1) is 11.3 Å². The summed E-state index contributed by atoms with van der Waals surface area (Å²) in [4.78, 5) is 30.1. The quantitative estimate of drug-likeness (QED) is 0.269. The van der Waals surface area contributed by atoms with Gasteiger partial charge in [-0.15, -0.1) is 0 Å². The number of imidazole rings is 1. The Morgan fingerprint density at radius 1 is 1.19 bits per heavy atom. The molecule has 3 heterocycles. The monoisotopic (exact) mass is 429 g/mol. The third kappa shape index (κ3) is 3.14. The van der Waals surface area contributed by atoms with Crippen LogP contribution in [0.3, 0.4) is 0 Å². The predicted octanol–water partition coefficient (Wildman–Crippen LogP) is -2.81. The molecule has 7 N–H and O–H groups in total. The van der Waals surface area contributed by atoms with E-state index in [1.165, 1.54) is 0 Å². The third-order valence-corrected chi connectivity index (χ3v) is 5.23. The smallest absolute Gasteiger partial charge is 0.333 e. The molecule has 0 bridgehead atoms. The maximum Gasteiger partial charge on any atom is 0.333 e. The first-order valence-corrected chi connectivity index (χ1v) is 9.18. The molecule has 0 saturated carbocycles. The van der Waals surface area contributed by atoms with Crippen LogP contribution in [-0.4, -0.2) is 59.0 Å². The van der Waals surface area contributed by atoms with Crippen LogP contribution in [0.1, 0.15) is 17.4 Å². The van der Waals surface area contributed by atoms with Gasteiger partial charge in [-0.3, -0.25) is 9.36 Å². The van der Waals surface area contributed by atoms with E-state index in [1.807, 2.05) is 6.07 Å². The first-order valence-electron chi connectivity index (χ1n) is 9.18. The number of aliphatic hydroxyl groups excluding tert-OH is 3. The van der Waals surface area contributed by atoms with Gasteiger partial charge < -0.3 is 31.6 Å². The second kappa shape index (κ2) is 7.52. The van der Waals surface area contributed by atoms with E-state index in [0.29, 0.717) is 15.8 Å². The molecule has 0 spiro atoms. The second-order valence-corrected chi connectivity index (χ2v) is 7.09. The van der Waals surface area contributed by atoms with Gasteiger partial charge in [0.2, 0.25) is 5.95 Å². The van der Waals surface area contributed by atoms with Crippen LogP contribution in [0.4, 0.5) is 5.95 Å². The molecule has 1 aliphatic rings. The standard InChI is InChI=1S/C18H19N7O6/c19-5-8-1-3-9(4-2-8)6-23-11-14(22-17(20)25(21)15(11)29)24(18(23)30)16-13(28)12(27)10(7-26)31-16/h1-4,10,12-13,16,26-28H,6-7,21H2,(H2,20,22)/t10-,12-,13-,16-/m1/s1. The number of fused-ring (bicyclic) bond motifs is 1. The van der Waals surface area contributed by atoms with Gasteiger partial charge in [-0.25, -0.2) is 9.36 Å². The summed E-state index contributed by atoms with van der Waals surface area (Å²) in [6, 6.07) is 8.34. The molecule has 4 atom stereocenters. The number of hydrogen-bond acceptors (Lipinski definition) is 10. The van der Waals surface area contributed by atoms with Crippen LogP contribution in [0.5, 0.6) is 0 Å². The van der Waals surface area contributed by atoms with Crippen LogP contribution in [-0.2, 0) is 11.3 Å². The van der Waals surface area contributed by atoms with E-state index in [9.17, 15) is 24.9 Å². The average molecular weight is 429 g/mol. The Balaban J connectivity index is 1.94. The Morgan fingerprint density at radius 3 is 2.45 bits per heavy atom. The van der Waals surface area contributed by atoms with Gasteiger partial charge in [0, 0.05) is 0 Å². The summed E-state index contributed by atoms with van der Waals surface area (Å²) in [6.07, 6.45) is -5.61. The fourth-order valence-corrected chi connectivity index (χ4v) is 3.59. The molecule has 1 fully saturated rings. The Kier molecular flexibility index (Phi) is 4.99. The summed E-state index contributed by atoms with van der Waals surface area (Å²) < 4.78 is 8.03. The molecule has 0 unspecified atom stereocenters. The summed E-state index contributed by atoms with van der Waals surface area (Å²) in [5, 5.41) is 38.8. The van der Waals surface area contributed by atoms with Crippen molar-refractivity contribution in [1.82, 2.24) is 18.8 Å². The molecule has 1 aromatic carbocycles. The highest BCUT2D eigenvalue weighted by Gasteiger charge is 2.45. The van der Waals surface area contributed by atoms with Crippen LogP contribution in [0.25, 0.3) is 11.2 Å². The largest absolute Gasteiger partial charge is 0.394 e. The minimum absolute atomic E-state index is 0.0797. The molecule has 13 nitrogen and oxygen atoms in total. The lowest BCUT2D eigenvalue weighted by molar-refractivity contribution is -0.0527. The van der Waals surface area contributed by atoms with Crippen molar-refractivity contribution in [2.24, 2.45) is 0 Å². The van der Waals surface area contributed by atoms with Gasteiger partial charge in [0.1, 0.15) is 18.3 Å². The summed E-state index contributed by atoms with van der Waals surface area (Å²) in [5.74, 6) is 5.28. The van der Waals surface area contributed by atoms with E-state index in [4.69, 9.17) is 21.6 Å². The SMILES string of the molecule is N#Cc1ccc(Cn2c(=O)n([C@@H]3O[C@H](CO)[C@@H](O)[C@H]3O)c3nc(N)n(N)c(=O)c32)cc1. The molecular weight excluding hydrogens is 410 g/mol. The fourth-order valence-electron chi connectivity index (χ4n) is 3.59. The number of aromatic nitrogens is 4. The van der Waals surface area contributed by atoms with E-state index in [-0.39, 0.29) is 23.7 Å². The van der Waals surface area contributed by atoms with Crippen LogP contribution >= 0.6 is 0 Å². The first-order chi connectivity index (χ1) is 14.8. The maximum atomic E-state index is 13.3. The number of rotatable bonds is 4. The maximum absolute atomic E-state index is 13.3. The summed E-state index contributed by atoms with van der Waals surface area (Å²) in [6.45, 7) is -0.678. The van der Waals surface area contributed by atoms with E-state index < -0.39 is 42.4 Å². The highest BCUT2D eigenvalue weighted by molar-refractivity contribution is 5.72. The zero-order chi connectivity index (χ0) is 22.4. The molecule has 0 amide bonds. The number of anilines is 1. The van der Waals surface area contributed by atoms with Gasteiger partial charge in [-0.2, -0.15) is 14.9 Å².